The first-order valence-corrected chi connectivity index (χ1v) is 9.09. The molecule has 4 aromatic rings. The molecule has 0 radical (unpaired) electrons. The van der Waals surface area contributed by atoms with Gasteiger partial charge in [-0.05, 0) is 35.2 Å². The number of carbonyl (C=O) groups is 2. The van der Waals surface area contributed by atoms with Gasteiger partial charge in [0.1, 0.15) is 5.75 Å². The number of esters is 2. The van der Waals surface area contributed by atoms with Crippen molar-refractivity contribution in [3.05, 3.63) is 103 Å². The Labute approximate surface area is 167 Å². The van der Waals surface area contributed by atoms with Gasteiger partial charge in [-0.2, -0.15) is 0 Å². The fourth-order valence-electron chi connectivity index (χ4n) is 3.00. The summed E-state index contributed by atoms with van der Waals surface area (Å²) >= 11 is 0. The van der Waals surface area contributed by atoms with Crippen LogP contribution in [0.4, 0.5) is 0 Å². The van der Waals surface area contributed by atoms with Gasteiger partial charge in [-0.25, -0.2) is 4.98 Å². The average molecular weight is 383 g/mol. The van der Waals surface area contributed by atoms with Gasteiger partial charge in [0.15, 0.2) is 5.92 Å². The van der Waals surface area contributed by atoms with E-state index < -0.39 is 17.9 Å². The molecule has 29 heavy (non-hydrogen) atoms. The van der Waals surface area contributed by atoms with Crippen LogP contribution in [0.5, 0.6) is 11.6 Å². The van der Waals surface area contributed by atoms with Gasteiger partial charge in [-0.15, -0.1) is 0 Å². The Morgan fingerprint density at radius 1 is 0.690 bits per heavy atom. The van der Waals surface area contributed by atoms with Crippen LogP contribution in [-0.2, 0) is 9.59 Å². The third-order valence-electron chi connectivity index (χ3n) is 4.40. The van der Waals surface area contributed by atoms with Gasteiger partial charge in [-0.3, -0.25) is 9.59 Å². The number of fused-ring (bicyclic) bond motifs is 1. The van der Waals surface area contributed by atoms with Crippen molar-refractivity contribution in [2.24, 2.45) is 0 Å². The molecular weight excluding hydrogens is 366 g/mol. The number of nitrogens with zero attached hydrogens (tertiary/aromatic N) is 1. The topological polar surface area (TPSA) is 65.5 Å². The van der Waals surface area contributed by atoms with E-state index >= 15 is 0 Å². The standard InChI is InChI=1S/C24H17NO4/c26-23(28-19-12-5-2-6-13-19)21(18-10-3-1-4-11-18)24(27)29-22-20-14-8-7-9-17(20)15-16-25-22/h1-16,21H. The predicted octanol–water partition coefficient (Wildman–Crippen LogP) is 4.53. The first kappa shape index (κ1) is 18.4. The minimum Gasteiger partial charge on any atom is -0.426 e. The fraction of sp³-hybridized carbons (Fsp3) is 0.0417. The van der Waals surface area contributed by atoms with Gasteiger partial charge in [0.25, 0.3) is 0 Å². The van der Waals surface area contributed by atoms with Crippen molar-refractivity contribution in [1.29, 1.82) is 0 Å². The molecule has 1 heterocycles. The predicted molar refractivity (Wildman–Crippen MR) is 109 cm³/mol. The number of para-hydroxylation sites is 1. The summed E-state index contributed by atoms with van der Waals surface area (Å²) in [5, 5.41) is 1.57. The third-order valence-corrected chi connectivity index (χ3v) is 4.40. The highest BCUT2D eigenvalue weighted by molar-refractivity contribution is 6.03. The van der Waals surface area contributed by atoms with Gasteiger partial charge in [0.05, 0.1) is 0 Å². The first-order valence-electron chi connectivity index (χ1n) is 9.09. The summed E-state index contributed by atoms with van der Waals surface area (Å²) in [6.07, 6.45) is 1.56. The SMILES string of the molecule is O=C(Oc1ccccc1)C(C(=O)Oc1nccc2ccccc12)c1ccccc1. The molecule has 5 nitrogen and oxygen atoms in total. The van der Waals surface area contributed by atoms with Crippen LogP contribution in [0.25, 0.3) is 10.8 Å². The van der Waals surface area contributed by atoms with Gasteiger partial charge in [0, 0.05) is 11.6 Å². The molecule has 142 valence electrons. The fourth-order valence-corrected chi connectivity index (χ4v) is 3.00. The molecule has 0 N–H and O–H groups in total. The molecule has 1 unspecified atom stereocenters. The largest absolute Gasteiger partial charge is 0.426 e. The normalized spacial score (nSPS) is 11.6. The van der Waals surface area contributed by atoms with E-state index in [-0.39, 0.29) is 5.88 Å². The van der Waals surface area contributed by atoms with Crippen LogP contribution in [0.2, 0.25) is 0 Å². The van der Waals surface area contributed by atoms with Crippen molar-refractivity contribution in [3.8, 4) is 11.6 Å². The van der Waals surface area contributed by atoms with Crippen LogP contribution in [0, 0.1) is 0 Å². The molecular formula is C24H17NO4. The van der Waals surface area contributed by atoms with Gasteiger partial charge in [0.2, 0.25) is 5.88 Å². The second kappa shape index (κ2) is 8.35. The van der Waals surface area contributed by atoms with Crippen LogP contribution in [0.1, 0.15) is 11.5 Å². The number of hydrogen-bond donors (Lipinski definition) is 0. The Morgan fingerprint density at radius 3 is 2.07 bits per heavy atom. The number of pyridine rings is 1. The second-order valence-electron chi connectivity index (χ2n) is 6.34. The zero-order valence-corrected chi connectivity index (χ0v) is 15.4. The number of carbonyl (C=O) groups excluding carboxylic acids is 2. The smallest absolute Gasteiger partial charge is 0.331 e. The molecule has 1 atom stereocenters. The highest BCUT2D eigenvalue weighted by Gasteiger charge is 2.33. The molecule has 0 amide bonds. The first-order chi connectivity index (χ1) is 14.2. The summed E-state index contributed by atoms with van der Waals surface area (Å²) in [4.78, 5) is 30.1. The molecule has 0 aliphatic heterocycles. The van der Waals surface area contributed by atoms with Crippen molar-refractivity contribution >= 4 is 22.7 Å². The number of benzene rings is 3. The molecule has 4 rings (SSSR count). The average Bonchev–Trinajstić information content (AvgIpc) is 2.76. The molecule has 0 saturated heterocycles. The summed E-state index contributed by atoms with van der Waals surface area (Å²) in [6.45, 7) is 0. The molecule has 0 saturated carbocycles. The summed E-state index contributed by atoms with van der Waals surface area (Å²) in [5.41, 5.74) is 0.485. The van der Waals surface area contributed by atoms with E-state index in [2.05, 4.69) is 4.98 Å². The lowest BCUT2D eigenvalue weighted by atomic mass is 9.99. The summed E-state index contributed by atoms with van der Waals surface area (Å²) in [7, 11) is 0. The Morgan fingerprint density at radius 2 is 1.31 bits per heavy atom. The minimum atomic E-state index is -1.24. The molecule has 5 heteroatoms. The molecule has 0 spiro atoms. The zero-order valence-electron chi connectivity index (χ0n) is 15.4. The molecule has 3 aromatic carbocycles. The Bertz CT molecular complexity index is 1140. The molecule has 0 bridgehead atoms. The molecule has 1 aromatic heterocycles. The van der Waals surface area contributed by atoms with Crippen LogP contribution in [0.3, 0.4) is 0 Å². The number of ether oxygens (including phenoxy) is 2. The quantitative estimate of drug-likeness (QED) is 0.288. The van der Waals surface area contributed by atoms with Crippen LogP contribution in [-0.4, -0.2) is 16.9 Å². The van der Waals surface area contributed by atoms with Gasteiger partial charge < -0.3 is 9.47 Å². The molecule has 0 aliphatic rings. The van der Waals surface area contributed by atoms with Crippen molar-refractivity contribution < 1.29 is 19.1 Å². The van der Waals surface area contributed by atoms with Crippen LogP contribution in [0.15, 0.2) is 97.2 Å². The summed E-state index contributed by atoms with van der Waals surface area (Å²) < 4.78 is 11.0. The lowest BCUT2D eigenvalue weighted by Gasteiger charge is -2.15. The third kappa shape index (κ3) is 4.14. The van der Waals surface area contributed by atoms with Crippen molar-refractivity contribution in [2.45, 2.75) is 5.92 Å². The number of aromatic nitrogens is 1. The maximum absolute atomic E-state index is 13.0. The lowest BCUT2D eigenvalue weighted by molar-refractivity contribution is -0.147. The number of hydrogen-bond acceptors (Lipinski definition) is 5. The number of rotatable bonds is 5. The van der Waals surface area contributed by atoms with E-state index in [0.717, 1.165) is 5.39 Å². The van der Waals surface area contributed by atoms with E-state index in [1.165, 1.54) is 0 Å². The maximum atomic E-state index is 13.0. The minimum absolute atomic E-state index is 0.154. The summed E-state index contributed by atoms with van der Waals surface area (Å²) in [5.74, 6) is -2.19. The van der Waals surface area contributed by atoms with E-state index in [9.17, 15) is 9.59 Å². The lowest BCUT2D eigenvalue weighted by Crippen LogP contribution is -2.30. The second-order valence-corrected chi connectivity index (χ2v) is 6.34. The van der Waals surface area contributed by atoms with E-state index in [0.29, 0.717) is 16.7 Å². The highest BCUT2D eigenvalue weighted by Crippen LogP contribution is 2.26. The molecule has 0 fully saturated rings. The Kier molecular flexibility index (Phi) is 5.29. The molecule has 0 aliphatic carbocycles. The summed E-state index contributed by atoms with van der Waals surface area (Å²) in [6, 6.07) is 26.5. The van der Waals surface area contributed by atoms with Crippen molar-refractivity contribution in [1.82, 2.24) is 4.98 Å². The maximum Gasteiger partial charge on any atom is 0.331 e. The zero-order chi connectivity index (χ0) is 20.1. The van der Waals surface area contributed by atoms with Crippen LogP contribution >= 0.6 is 0 Å². The van der Waals surface area contributed by atoms with Crippen molar-refractivity contribution in [2.75, 3.05) is 0 Å². The van der Waals surface area contributed by atoms with E-state index in [4.69, 9.17) is 9.47 Å². The van der Waals surface area contributed by atoms with Crippen molar-refractivity contribution in [3.63, 3.8) is 0 Å². The van der Waals surface area contributed by atoms with Crippen LogP contribution < -0.4 is 9.47 Å². The Balaban J connectivity index is 1.65. The monoisotopic (exact) mass is 383 g/mol. The van der Waals surface area contributed by atoms with E-state index in [1.807, 2.05) is 36.4 Å². The van der Waals surface area contributed by atoms with Gasteiger partial charge >= 0.3 is 11.9 Å². The Hall–Kier alpha value is -3.99. The highest BCUT2D eigenvalue weighted by atomic mass is 16.6. The van der Waals surface area contributed by atoms with E-state index in [1.54, 1.807) is 60.8 Å². The van der Waals surface area contributed by atoms with Gasteiger partial charge in [-0.1, -0.05) is 66.7 Å².